The molecule has 0 spiro atoms. The van der Waals surface area contributed by atoms with E-state index in [0.29, 0.717) is 5.69 Å². The molecule has 0 unspecified atom stereocenters. The number of rotatable bonds is 3. The molecular weight excluding hydrogens is 286 g/mol. The Bertz CT molecular complexity index is 791. The molecule has 0 saturated carbocycles. The van der Waals surface area contributed by atoms with E-state index in [4.69, 9.17) is 5.26 Å². The second-order valence-electron chi connectivity index (χ2n) is 4.67. The number of carbonyl (C=O) groups excluding carboxylic acids is 1. The van der Waals surface area contributed by atoms with Crippen molar-refractivity contribution >= 4 is 17.7 Å². The van der Waals surface area contributed by atoms with Crippen molar-refractivity contribution in [3.63, 3.8) is 0 Å². The van der Waals surface area contributed by atoms with Crippen LogP contribution in [-0.2, 0) is 4.79 Å². The van der Waals surface area contributed by atoms with Gasteiger partial charge in [0.1, 0.15) is 11.6 Å². The van der Waals surface area contributed by atoms with Crippen molar-refractivity contribution in [3.8, 4) is 6.07 Å². The molecule has 5 heteroatoms. The van der Waals surface area contributed by atoms with Crippen LogP contribution in [0.1, 0.15) is 11.1 Å². The highest BCUT2D eigenvalue weighted by molar-refractivity contribution is 6.09. The molecule has 2 rings (SSSR count). The molecule has 0 saturated heterocycles. The van der Waals surface area contributed by atoms with E-state index < -0.39 is 17.5 Å². The van der Waals surface area contributed by atoms with Gasteiger partial charge in [-0.05, 0) is 48.4 Å². The average Bonchev–Trinajstić information content (AvgIpc) is 2.48. The lowest BCUT2D eigenvalue weighted by Crippen LogP contribution is -2.13. The molecule has 0 aromatic heterocycles. The summed E-state index contributed by atoms with van der Waals surface area (Å²) in [6.45, 7) is 1.87. The van der Waals surface area contributed by atoms with Gasteiger partial charge in [-0.3, -0.25) is 4.79 Å². The largest absolute Gasteiger partial charge is 0.321 e. The Morgan fingerprint density at radius 1 is 1.18 bits per heavy atom. The summed E-state index contributed by atoms with van der Waals surface area (Å²) in [5, 5.41) is 11.6. The Hall–Kier alpha value is -3.00. The quantitative estimate of drug-likeness (QED) is 0.692. The molecule has 2 aromatic rings. The zero-order chi connectivity index (χ0) is 16.1. The van der Waals surface area contributed by atoms with E-state index in [-0.39, 0.29) is 11.1 Å². The molecule has 0 aliphatic carbocycles. The topological polar surface area (TPSA) is 52.9 Å². The molecule has 0 aliphatic heterocycles. The molecule has 0 aliphatic rings. The van der Waals surface area contributed by atoms with Crippen molar-refractivity contribution in [2.45, 2.75) is 6.92 Å². The van der Waals surface area contributed by atoms with Crippen molar-refractivity contribution in [2.24, 2.45) is 0 Å². The minimum absolute atomic E-state index is 0.201. The highest BCUT2D eigenvalue weighted by Crippen LogP contribution is 2.14. The number of hydrogen-bond acceptors (Lipinski definition) is 2. The minimum atomic E-state index is -1.04. The number of hydrogen-bond donors (Lipinski definition) is 1. The second-order valence-corrected chi connectivity index (χ2v) is 4.67. The van der Waals surface area contributed by atoms with Crippen LogP contribution < -0.4 is 5.32 Å². The molecule has 1 N–H and O–H groups in total. The van der Waals surface area contributed by atoms with Crippen LogP contribution in [0.3, 0.4) is 0 Å². The molecule has 0 radical (unpaired) electrons. The normalized spacial score (nSPS) is 10.9. The maximum absolute atomic E-state index is 13.1. The van der Waals surface area contributed by atoms with E-state index in [1.807, 2.05) is 13.0 Å². The van der Waals surface area contributed by atoms with Crippen LogP contribution >= 0.6 is 0 Å². The number of carbonyl (C=O) groups is 1. The van der Waals surface area contributed by atoms with Crippen LogP contribution in [-0.4, -0.2) is 5.91 Å². The van der Waals surface area contributed by atoms with Crippen molar-refractivity contribution in [3.05, 3.63) is 70.8 Å². The average molecular weight is 298 g/mol. The second kappa shape index (κ2) is 6.64. The van der Waals surface area contributed by atoms with E-state index >= 15 is 0 Å². The maximum Gasteiger partial charge on any atom is 0.266 e. The number of nitrogens with one attached hydrogen (secondary N) is 1. The van der Waals surface area contributed by atoms with Crippen LogP contribution in [0.2, 0.25) is 0 Å². The Kier molecular flexibility index (Phi) is 4.64. The standard InChI is InChI=1S/C17H12F2N2O/c1-11-3-2-4-14(7-11)21-17(22)13(10-20)8-12-5-6-15(18)16(19)9-12/h2-9H,1H3,(H,21,22)/b13-8+. The predicted molar refractivity (Wildman–Crippen MR) is 79.8 cm³/mol. The van der Waals surface area contributed by atoms with Gasteiger partial charge in [-0.15, -0.1) is 0 Å². The molecule has 0 atom stereocenters. The van der Waals surface area contributed by atoms with E-state index in [9.17, 15) is 13.6 Å². The van der Waals surface area contributed by atoms with Gasteiger partial charge in [0.25, 0.3) is 5.91 Å². The first-order chi connectivity index (χ1) is 10.5. The first-order valence-corrected chi connectivity index (χ1v) is 6.44. The monoisotopic (exact) mass is 298 g/mol. The molecule has 3 nitrogen and oxygen atoms in total. The fourth-order valence-corrected chi connectivity index (χ4v) is 1.84. The van der Waals surface area contributed by atoms with Gasteiger partial charge in [0.05, 0.1) is 0 Å². The summed E-state index contributed by atoms with van der Waals surface area (Å²) >= 11 is 0. The number of nitrogens with zero attached hydrogens (tertiary/aromatic N) is 1. The number of anilines is 1. The van der Waals surface area contributed by atoms with Crippen LogP contribution in [0.5, 0.6) is 0 Å². The Morgan fingerprint density at radius 3 is 2.59 bits per heavy atom. The summed E-state index contributed by atoms with van der Waals surface area (Å²) in [6.07, 6.45) is 1.20. The third-order valence-corrected chi connectivity index (χ3v) is 2.90. The Balaban J connectivity index is 2.23. The highest BCUT2D eigenvalue weighted by Gasteiger charge is 2.10. The van der Waals surface area contributed by atoms with Gasteiger partial charge < -0.3 is 5.32 Å². The lowest BCUT2D eigenvalue weighted by atomic mass is 10.1. The zero-order valence-corrected chi connectivity index (χ0v) is 11.7. The van der Waals surface area contributed by atoms with Crippen LogP contribution in [0.15, 0.2) is 48.0 Å². The summed E-state index contributed by atoms with van der Waals surface area (Å²) in [5.74, 6) is -2.64. The molecule has 0 heterocycles. The third-order valence-electron chi connectivity index (χ3n) is 2.90. The summed E-state index contributed by atoms with van der Waals surface area (Å²) in [5.41, 5.74) is 1.54. The van der Waals surface area contributed by atoms with Crippen molar-refractivity contribution in [1.82, 2.24) is 0 Å². The number of halogens is 2. The van der Waals surface area contributed by atoms with Gasteiger partial charge in [0.15, 0.2) is 11.6 Å². The van der Waals surface area contributed by atoms with Crippen molar-refractivity contribution < 1.29 is 13.6 Å². The SMILES string of the molecule is Cc1cccc(NC(=O)/C(C#N)=C/c2ccc(F)c(F)c2)c1. The summed E-state index contributed by atoms with van der Waals surface area (Å²) < 4.78 is 26.0. The van der Waals surface area contributed by atoms with Gasteiger partial charge in [-0.25, -0.2) is 8.78 Å². The zero-order valence-electron chi connectivity index (χ0n) is 11.7. The van der Waals surface area contributed by atoms with E-state index in [2.05, 4.69) is 5.32 Å². The summed E-state index contributed by atoms with van der Waals surface area (Å²) in [7, 11) is 0. The molecule has 0 fully saturated rings. The van der Waals surface area contributed by atoms with Crippen LogP contribution in [0, 0.1) is 29.9 Å². The van der Waals surface area contributed by atoms with Crippen LogP contribution in [0.25, 0.3) is 6.08 Å². The maximum atomic E-state index is 13.1. The van der Waals surface area contributed by atoms with Crippen LogP contribution in [0.4, 0.5) is 14.5 Å². The molecule has 22 heavy (non-hydrogen) atoms. The van der Waals surface area contributed by atoms with Crippen molar-refractivity contribution in [2.75, 3.05) is 5.32 Å². The fraction of sp³-hybridized carbons (Fsp3) is 0.0588. The molecular formula is C17H12F2N2O. The van der Waals surface area contributed by atoms with Gasteiger partial charge in [-0.2, -0.15) is 5.26 Å². The van der Waals surface area contributed by atoms with Gasteiger partial charge in [0, 0.05) is 5.69 Å². The molecule has 1 amide bonds. The number of nitriles is 1. The fourth-order valence-electron chi connectivity index (χ4n) is 1.84. The molecule has 2 aromatic carbocycles. The Morgan fingerprint density at radius 2 is 1.95 bits per heavy atom. The smallest absolute Gasteiger partial charge is 0.266 e. The summed E-state index contributed by atoms with van der Waals surface area (Å²) in [4.78, 5) is 12.0. The predicted octanol–water partition coefficient (Wildman–Crippen LogP) is 3.82. The number of aryl methyl sites for hydroxylation is 1. The number of benzene rings is 2. The minimum Gasteiger partial charge on any atom is -0.321 e. The lowest BCUT2D eigenvalue weighted by Gasteiger charge is -2.05. The first-order valence-electron chi connectivity index (χ1n) is 6.44. The third kappa shape index (κ3) is 3.76. The lowest BCUT2D eigenvalue weighted by molar-refractivity contribution is -0.112. The molecule has 0 bridgehead atoms. The van der Waals surface area contributed by atoms with E-state index in [0.717, 1.165) is 17.7 Å². The van der Waals surface area contributed by atoms with Crippen molar-refractivity contribution in [1.29, 1.82) is 5.26 Å². The molecule has 110 valence electrons. The summed E-state index contributed by atoms with van der Waals surface area (Å²) in [6, 6.07) is 12.0. The highest BCUT2D eigenvalue weighted by atomic mass is 19.2. The van der Waals surface area contributed by atoms with E-state index in [1.54, 1.807) is 24.3 Å². The number of amides is 1. The van der Waals surface area contributed by atoms with Gasteiger partial charge in [0.2, 0.25) is 0 Å². The van der Waals surface area contributed by atoms with Gasteiger partial charge in [-0.1, -0.05) is 18.2 Å². The van der Waals surface area contributed by atoms with E-state index in [1.165, 1.54) is 12.1 Å². The van der Waals surface area contributed by atoms with Gasteiger partial charge >= 0.3 is 0 Å². The Labute approximate surface area is 126 Å². The first kappa shape index (κ1) is 15.4.